The van der Waals surface area contributed by atoms with Crippen molar-refractivity contribution in [3.8, 4) is 11.9 Å². The highest BCUT2D eigenvalue weighted by molar-refractivity contribution is 9.10. The second-order valence-corrected chi connectivity index (χ2v) is 3.13. The van der Waals surface area contributed by atoms with Gasteiger partial charge >= 0.3 is 6.36 Å². The molecule has 0 bridgehead atoms. The molecular weight excluding hydrogens is 279 g/mol. The van der Waals surface area contributed by atoms with Gasteiger partial charge in [0.25, 0.3) is 0 Å². The number of hydrogen-bond acceptors (Lipinski definition) is 4. The molecule has 0 spiro atoms. The molecule has 1 aromatic heterocycles. The minimum Gasteiger partial charge on any atom is -0.394 e. The van der Waals surface area contributed by atoms with Crippen LogP contribution in [-0.4, -0.2) is 11.3 Å². The first kappa shape index (κ1) is 11.6. The van der Waals surface area contributed by atoms with Crippen molar-refractivity contribution >= 4 is 21.6 Å². The first-order valence-electron chi connectivity index (χ1n) is 3.45. The van der Waals surface area contributed by atoms with E-state index in [1.807, 2.05) is 0 Å². The van der Waals surface area contributed by atoms with Crippen LogP contribution >= 0.6 is 15.9 Å². The molecule has 0 fully saturated rings. The average molecular weight is 282 g/mol. The summed E-state index contributed by atoms with van der Waals surface area (Å²) in [6.07, 6.45) is -4.87. The highest BCUT2D eigenvalue weighted by Gasteiger charge is 2.33. The summed E-state index contributed by atoms with van der Waals surface area (Å²) in [5.74, 6) is -0.784. The lowest BCUT2D eigenvalue weighted by Gasteiger charge is -2.10. The standard InChI is InChI=1S/C7H3BrF3N3O/c8-5-3(2-12)1-4(13)6(14-5)15-7(9,10)11/h1H,13H2. The monoisotopic (exact) mass is 281 g/mol. The Morgan fingerprint density at radius 3 is 2.60 bits per heavy atom. The number of hydrogen-bond donors (Lipinski definition) is 1. The molecule has 8 heteroatoms. The molecule has 0 aliphatic heterocycles. The lowest BCUT2D eigenvalue weighted by molar-refractivity contribution is -0.275. The molecule has 15 heavy (non-hydrogen) atoms. The summed E-state index contributed by atoms with van der Waals surface area (Å²) in [5, 5.41) is 8.53. The Bertz CT molecular complexity index is 427. The zero-order valence-corrected chi connectivity index (χ0v) is 8.56. The van der Waals surface area contributed by atoms with Gasteiger partial charge in [0, 0.05) is 0 Å². The van der Waals surface area contributed by atoms with Crippen molar-refractivity contribution in [1.82, 2.24) is 4.98 Å². The number of nitrogens with zero attached hydrogens (tertiary/aromatic N) is 2. The highest BCUT2D eigenvalue weighted by atomic mass is 79.9. The topological polar surface area (TPSA) is 71.9 Å². The molecule has 0 saturated heterocycles. The van der Waals surface area contributed by atoms with E-state index in [9.17, 15) is 13.2 Å². The lowest BCUT2D eigenvalue weighted by Crippen LogP contribution is -2.19. The van der Waals surface area contributed by atoms with Gasteiger partial charge in [-0.15, -0.1) is 13.2 Å². The second kappa shape index (κ2) is 3.94. The molecule has 2 N–H and O–H groups in total. The first-order valence-corrected chi connectivity index (χ1v) is 4.24. The third-order valence-electron chi connectivity index (χ3n) is 1.30. The third-order valence-corrected chi connectivity index (χ3v) is 1.91. The Morgan fingerprint density at radius 2 is 2.13 bits per heavy atom. The van der Waals surface area contributed by atoms with Crippen molar-refractivity contribution < 1.29 is 17.9 Å². The second-order valence-electron chi connectivity index (χ2n) is 2.38. The van der Waals surface area contributed by atoms with Crippen molar-refractivity contribution in [1.29, 1.82) is 5.26 Å². The molecule has 0 unspecified atom stereocenters. The fourth-order valence-corrected chi connectivity index (χ4v) is 1.12. The van der Waals surface area contributed by atoms with Crippen LogP contribution in [-0.2, 0) is 0 Å². The van der Waals surface area contributed by atoms with Gasteiger partial charge in [0.05, 0.1) is 11.3 Å². The Kier molecular flexibility index (Phi) is 3.04. The van der Waals surface area contributed by atoms with E-state index in [0.717, 1.165) is 6.07 Å². The van der Waals surface area contributed by atoms with E-state index in [1.165, 1.54) is 0 Å². The normalized spacial score (nSPS) is 10.9. The first-order chi connectivity index (χ1) is 6.83. The van der Waals surface area contributed by atoms with Gasteiger partial charge in [0.2, 0.25) is 5.88 Å². The molecule has 0 radical (unpaired) electrons. The predicted octanol–water partition coefficient (Wildman–Crippen LogP) is 2.20. The van der Waals surface area contributed by atoms with Crippen molar-refractivity contribution in [3.05, 3.63) is 16.2 Å². The Balaban J connectivity index is 3.13. The molecule has 1 aromatic rings. The third kappa shape index (κ3) is 2.99. The van der Waals surface area contributed by atoms with Crippen LogP contribution in [0.5, 0.6) is 5.88 Å². The van der Waals surface area contributed by atoms with Gasteiger partial charge in [-0.2, -0.15) is 5.26 Å². The molecule has 0 saturated carbocycles. The minimum atomic E-state index is -4.87. The number of halogens is 4. The number of anilines is 1. The Morgan fingerprint density at radius 1 is 1.53 bits per heavy atom. The smallest absolute Gasteiger partial charge is 0.394 e. The number of alkyl halides is 3. The molecule has 0 aliphatic carbocycles. The van der Waals surface area contributed by atoms with E-state index >= 15 is 0 Å². The van der Waals surface area contributed by atoms with Gasteiger partial charge in [-0.3, -0.25) is 0 Å². The summed E-state index contributed by atoms with van der Waals surface area (Å²) in [6.45, 7) is 0. The number of nitriles is 1. The largest absolute Gasteiger partial charge is 0.574 e. The van der Waals surface area contributed by atoms with E-state index in [2.05, 4.69) is 25.7 Å². The number of aromatic nitrogens is 1. The molecule has 0 atom stereocenters. The lowest BCUT2D eigenvalue weighted by atomic mass is 10.3. The summed E-state index contributed by atoms with van der Waals surface area (Å²) in [6, 6.07) is 2.74. The molecule has 1 heterocycles. The quantitative estimate of drug-likeness (QED) is 0.801. The number of nitrogen functional groups attached to an aromatic ring is 1. The molecule has 0 aromatic carbocycles. The average Bonchev–Trinajstić information content (AvgIpc) is 2.08. The SMILES string of the molecule is N#Cc1cc(N)c(OC(F)(F)F)nc1Br. The van der Waals surface area contributed by atoms with E-state index in [-0.39, 0.29) is 15.9 Å². The number of ether oxygens (including phenoxy) is 1. The van der Waals surface area contributed by atoms with Gasteiger partial charge in [-0.05, 0) is 22.0 Å². The summed E-state index contributed by atoms with van der Waals surface area (Å²) >= 11 is 2.81. The zero-order valence-electron chi connectivity index (χ0n) is 6.97. The highest BCUT2D eigenvalue weighted by Crippen LogP contribution is 2.29. The minimum absolute atomic E-state index is 0.0297. The fourth-order valence-electron chi connectivity index (χ4n) is 0.760. The van der Waals surface area contributed by atoms with Crippen LogP contribution in [0.4, 0.5) is 18.9 Å². The predicted molar refractivity (Wildman–Crippen MR) is 47.7 cm³/mol. The van der Waals surface area contributed by atoms with Crippen LogP contribution in [0.1, 0.15) is 5.56 Å². The van der Waals surface area contributed by atoms with Crippen LogP contribution in [0.2, 0.25) is 0 Å². The molecule has 0 aliphatic rings. The van der Waals surface area contributed by atoms with Gasteiger partial charge in [-0.1, -0.05) is 0 Å². The van der Waals surface area contributed by atoms with Crippen LogP contribution in [0.25, 0.3) is 0 Å². The molecule has 80 valence electrons. The van der Waals surface area contributed by atoms with E-state index in [0.29, 0.717) is 0 Å². The van der Waals surface area contributed by atoms with Gasteiger partial charge in [-0.25, -0.2) is 4.98 Å². The molecule has 1 rings (SSSR count). The van der Waals surface area contributed by atoms with E-state index < -0.39 is 12.2 Å². The van der Waals surface area contributed by atoms with Crippen LogP contribution in [0.15, 0.2) is 10.7 Å². The summed E-state index contributed by atoms with van der Waals surface area (Å²) in [5.41, 5.74) is 4.89. The Hall–Kier alpha value is -1.49. The number of nitrogens with two attached hydrogens (primary N) is 1. The molecular formula is C7H3BrF3N3O. The van der Waals surface area contributed by atoms with Crippen LogP contribution < -0.4 is 10.5 Å². The van der Waals surface area contributed by atoms with Crippen LogP contribution in [0, 0.1) is 11.3 Å². The van der Waals surface area contributed by atoms with Crippen molar-refractivity contribution in [2.24, 2.45) is 0 Å². The maximum Gasteiger partial charge on any atom is 0.574 e. The maximum absolute atomic E-state index is 11.8. The Labute approximate surface area is 90.6 Å². The number of pyridine rings is 1. The van der Waals surface area contributed by atoms with Crippen molar-refractivity contribution in [2.75, 3.05) is 5.73 Å². The van der Waals surface area contributed by atoms with Crippen molar-refractivity contribution in [3.63, 3.8) is 0 Å². The van der Waals surface area contributed by atoms with Crippen molar-refractivity contribution in [2.45, 2.75) is 6.36 Å². The van der Waals surface area contributed by atoms with E-state index in [4.69, 9.17) is 11.0 Å². The summed E-state index contributed by atoms with van der Waals surface area (Å²) in [7, 11) is 0. The fraction of sp³-hybridized carbons (Fsp3) is 0.143. The number of rotatable bonds is 1. The van der Waals surface area contributed by atoms with Gasteiger partial charge in [0.15, 0.2) is 0 Å². The maximum atomic E-state index is 11.8. The van der Waals surface area contributed by atoms with E-state index in [1.54, 1.807) is 6.07 Å². The van der Waals surface area contributed by atoms with Gasteiger partial charge < -0.3 is 10.5 Å². The summed E-state index contributed by atoms with van der Waals surface area (Å²) < 4.78 is 39.0. The molecule has 4 nitrogen and oxygen atoms in total. The van der Waals surface area contributed by atoms with Crippen LogP contribution in [0.3, 0.4) is 0 Å². The summed E-state index contributed by atoms with van der Waals surface area (Å²) in [4.78, 5) is 3.36. The zero-order chi connectivity index (χ0) is 11.6. The van der Waals surface area contributed by atoms with Gasteiger partial charge in [0.1, 0.15) is 10.7 Å². The molecule has 0 amide bonds.